The molecular formula is C15H24ClNO2S. The summed E-state index contributed by atoms with van der Waals surface area (Å²) in [5, 5.41) is 3.96. The Balaban J connectivity index is 2.74. The van der Waals surface area contributed by atoms with Gasteiger partial charge in [-0.1, -0.05) is 32.4 Å². The summed E-state index contributed by atoms with van der Waals surface area (Å²) in [7, 11) is 1.64. The highest BCUT2D eigenvalue weighted by atomic mass is 35.5. The Morgan fingerprint density at radius 1 is 1.35 bits per heavy atom. The minimum atomic E-state index is 0.432. The Labute approximate surface area is 131 Å². The van der Waals surface area contributed by atoms with Gasteiger partial charge in [-0.25, -0.2) is 0 Å². The average molecular weight is 318 g/mol. The summed E-state index contributed by atoms with van der Waals surface area (Å²) in [6.45, 7) is 7.76. The standard InChI is InChI=1S/C15H24ClNO2S/c1-5-20-7-6-19-15-13(16)8-12(9-14(15)18-4)10-17-11(2)3/h8-9,11,17H,5-7,10H2,1-4H3. The van der Waals surface area contributed by atoms with Crippen LogP contribution in [-0.2, 0) is 6.54 Å². The van der Waals surface area contributed by atoms with Gasteiger partial charge in [-0.05, 0) is 23.4 Å². The molecule has 5 heteroatoms. The number of benzene rings is 1. The fraction of sp³-hybridized carbons (Fsp3) is 0.600. The van der Waals surface area contributed by atoms with E-state index in [1.165, 1.54) is 0 Å². The zero-order valence-electron chi connectivity index (χ0n) is 12.7. The van der Waals surface area contributed by atoms with Gasteiger partial charge in [0.2, 0.25) is 0 Å². The van der Waals surface area contributed by atoms with Crippen molar-refractivity contribution in [2.24, 2.45) is 0 Å². The van der Waals surface area contributed by atoms with Crippen LogP contribution in [0.15, 0.2) is 12.1 Å². The molecule has 0 aromatic heterocycles. The first-order chi connectivity index (χ1) is 9.58. The molecule has 0 saturated carbocycles. The van der Waals surface area contributed by atoms with E-state index in [1.807, 2.05) is 23.9 Å². The molecule has 0 aliphatic heterocycles. The maximum atomic E-state index is 6.30. The molecule has 0 fully saturated rings. The highest BCUT2D eigenvalue weighted by molar-refractivity contribution is 7.99. The van der Waals surface area contributed by atoms with Crippen LogP contribution in [0.5, 0.6) is 11.5 Å². The van der Waals surface area contributed by atoms with E-state index in [1.54, 1.807) is 7.11 Å². The van der Waals surface area contributed by atoms with E-state index >= 15 is 0 Å². The predicted molar refractivity (Wildman–Crippen MR) is 88.5 cm³/mol. The Morgan fingerprint density at radius 2 is 2.10 bits per heavy atom. The van der Waals surface area contributed by atoms with E-state index in [0.717, 1.165) is 23.6 Å². The number of halogens is 1. The van der Waals surface area contributed by atoms with E-state index in [4.69, 9.17) is 21.1 Å². The molecule has 0 spiro atoms. The highest BCUT2D eigenvalue weighted by Crippen LogP contribution is 2.36. The molecule has 0 atom stereocenters. The van der Waals surface area contributed by atoms with Crippen molar-refractivity contribution in [3.8, 4) is 11.5 Å². The Morgan fingerprint density at radius 3 is 2.70 bits per heavy atom. The number of rotatable bonds is 9. The van der Waals surface area contributed by atoms with Gasteiger partial charge in [0.1, 0.15) is 0 Å². The van der Waals surface area contributed by atoms with Crippen LogP contribution < -0.4 is 14.8 Å². The lowest BCUT2D eigenvalue weighted by Crippen LogP contribution is -2.21. The monoisotopic (exact) mass is 317 g/mol. The summed E-state index contributed by atoms with van der Waals surface area (Å²) in [6, 6.07) is 4.34. The molecule has 0 unspecified atom stereocenters. The van der Waals surface area contributed by atoms with Gasteiger partial charge in [0.15, 0.2) is 11.5 Å². The molecule has 1 aromatic rings. The van der Waals surface area contributed by atoms with Crippen LogP contribution in [-0.4, -0.2) is 31.3 Å². The predicted octanol–water partition coefficient (Wildman–Crippen LogP) is 3.98. The SMILES string of the molecule is CCSCCOc1c(Cl)cc(CNC(C)C)cc1OC. The van der Waals surface area contributed by atoms with Crippen molar-refractivity contribution in [3.05, 3.63) is 22.7 Å². The van der Waals surface area contributed by atoms with Crippen molar-refractivity contribution >= 4 is 23.4 Å². The fourth-order valence-electron chi connectivity index (χ4n) is 1.68. The first-order valence-corrected chi connectivity index (χ1v) is 8.42. The normalized spacial score (nSPS) is 10.9. The number of hydrogen-bond donors (Lipinski definition) is 1. The molecule has 1 rings (SSSR count). The summed E-state index contributed by atoms with van der Waals surface area (Å²) >= 11 is 8.14. The summed E-state index contributed by atoms with van der Waals surface area (Å²) < 4.78 is 11.1. The average Bonchev–Trinajstić information content (AvgIpc) is 2.42. The van der Waals surface area contributed by atoms with E-state index < -0.39 is 0 Å². The molecular weight excluding hydrogens is 294 g/mol. The molecule has 0 aliphatic rings. The lowest BCUT2D eigenvalue weighted by atomic mass is 10.2. The van der Waals surface area contributed by atoms with Gasteiger partial charge in [-0.3, -0.25) is 0 Å². The van der Waals surface area contributed by atoms with Crippen LogP contribution in [0.2, 0.25) is 5.02 Å². The van der Waals surface area contributed by atoms with Crippen LogP contribution in [0.1, 0.15) is 26.3 Å². The number of nitrogens with one attached hydrogen (secondary N) is 1. The second-order valence-electron chi connectivity index (χ2n) is 4.69. The van der Waals surface area contributed by atoms with E-state index in [9.17, 15) is 0 Å². The Kier molecular flexibility index (Phi) is 8.19. The van der Waals surface area contributed by atoms with Gasteiger partial charge < -0.3 is 14.8 Å². The third-order valence-electron chi connectivity index (χ3n) is 2.68. The number of hydrogen-bond acceptors (Lipinski definition) is 4. The third kappa shape index (κ3) is 5.81. The second kappa shape index (κ2) is 9.37. The van der Waals surface area contributed by atoms with Crippen LogP contribution in [0, 0.1) is 0 Å². The van der Waals surface area contributed by atoms with Crippen molar-refractivity contribution in [1.29, 1.82) is 0 Å². The van der Waals surface area contributed by atoms with Crippen molar-refractivity contribution in [3.63, 3.8) is 0 Å². The van der Waals surface area contributed by atoms with Crippen LogP contribution >= 0.6 is 23.4 Å². The van der Waals surface area contributed by atoms with Crippen molar-refractivity contribution in [2.75, 3.05) is 25.2 Å². The first-order valence-electron chi connectivity index (χ1n) is 6.88. The van der Waals surface area contributed by atoms with Crippen molar-refractivity contribution in [2.45, 2.75) is 33.4 Å². The minimum absolute atomic E-state index is 0.432. The molecule has 114 valence electrons. The zero-order valence-corrected chi connectivity index (χ0v) is 14.2. The van der Waals surface area contributed by atoms with E-state index in [-0.39, 0.29) is 0 Å². The molecule has 0 radical (unpaired) electrons. The molecule has 1 N–H and O–H groups in total. The summed E-state index contributed by atoms with van der Waals surface area (Å²) in [5.41, 5.74) is 1.09. The largest absolute Gasteiger partial charge is 0.493 e. The Bertz CT molecular complexity index is 413. The van der Waals surface area contributed by atoms with Crippen molar-refractivity contribution in [1.82, 2.24) is 5.32 Å². The molecule has 1 aromatic carbocycles. The lowest BCUT2D eigenvalue weighted by Gasteiger charge is -2.15. The highest BCUT2D eigenvalue weighted by Gasteiger charge is 2.12. The summed E-state index contributed by atoms with van der Waals surface area (Å²) in [5.74, 6) is 3.37. The first kappa shape index (κ1) is 17.5. The topological polar surface area (TPSA) is 30.5 Å². The van der Waals surface area contributed by atoms with E-state index in [0.29, 0.717) is 29.2 Å². The maximum Gasteiger partial charge on any atom is 0.179 e. The number of ether oxygens (including phenoxy) is 2. The summed E-state index contributed by atoms with van der Waals surface area (Å²) in [6.07, 6.45) is 0. The van der Waals surface area contributed by atoms with Gasteiger partial charge in [0.25, 0.3) is 0 Å². The lowest BCUT2D eigenvalue weighted by molar-refractivity contribution is 0.313. The van der Waals surface area contributed by atoms with Crippen LogP contribution in [0.25, 0.3) is 0 Å². The minimum Gasteiger partial charge on any atom is -0.493 e. The van der Waals surface area contributed by atoms with Crippen LogP contribution in [0.3, 0.4) is 0 Å². The molecule has 0 saturated heterocycles. The third-order valence-corrected chi connectivity index (χ3v) is 3.83. The van der Waals surface area contributed by atoms with Gasteiger partial charge in [-0.2, -0.15) is 11.8 Å². The van der Waals surface area contributed by atoms with Crippen LogP contribution in [0.4, 0.5) is 0 Å². The smallest absolute Gasteiger partial charge is 0.179 e. The molecule has 0 bridgehead atoms. The Hall–Kier alpha value is -0.580. The van der Waals surface area contributed by atoms with Gasteiger partial charge in [0.05, 0.1) is 18.7 Å². The summed E-state index contributed by atoms with van der Waals surface area (Å²) in [4.78, 5) is 0. The molecule has 3 nitrogen and oxygen atoms in total. The second-order valence-corrected chi connectivity index (χ2v) is 6.49. The van der Waals surface area contributed by atoms with Gasteiger partial charge >= 0.3 is 0 Å². The van der Waals surface area contributed by atoms with Gasteiger partial charge in [0, 0.05) is 18.3 Å². The molecule has 0 heterocycles. The molecule has 0 amide bonds. The number of methoxy groups -OCH3 is 1. The molecule has 20 heavy (non-hydrogen) atoms. The quantitative estimate of drug-likeness (QED) is 0.698. The van der Waals surface area contributed by atoms with Crippen molar-refractivity contribution < 1.29 is 9.47 Å². The fourth-order valence-corrected chi connectivity index (χ4v) is 2.46. The van der Waals surface area contributed by atoms with Gasteiger partial charge in [-0.15, -0.1) is 0 Å². The number of thioether (sulfide) groups is 1. The maximum absolute atomic E-state index is 6.30. The van der Waals surface area contributed by atoms with E-state index in [2.05, 4.69) is 26.1 Å². The molecule has 0 aliphatic carbocycles. The zero-order chi connectivity index (χ0) is 15.0.